The molecule has 0 unspecified atom stereocenters. The molecule has 0 amide bonds. The normalized spacial score (nSPS) is 20.5. The Balaban J connectivity index is 2.06. The molecule has 2 rings (SSSR count). The lowest BCUT2D eigenvalue weighted by molar-refractivity contribution is -0.0143. The molecule has 3 nitrogen and oxygen atoms in total. The molecular weight excluding hydrogens is 212 g/mol. The molecule has 1 aliphatic rings. The van der Waals surface area contributed by atoms with Crippen molar-refractivity contribution < 1.29 is 5.11 Å². The third-order valence-corrected chi connectivity index (χ3v) is 3.50. The van der Waals surface area contributed by atoms with E-state index in [9.17, 15) is 5.11 Å². The number of rotatable bonds is 2. The number of halogens is 1. The minimum atomic E-state index is -0.569. The largest absolute Gasteiger partial charge is 0.388 e. The fourth-order valence-corrected chi connectivity index (χ4v) is 2.39. The molecule has 4 heteroatoms. The number of hydrogen-bond acceptors (Lipinski definition) is 2. The molecular formula is C11H17ClN2O. The molecule has 1 heterocycles. The second-order valence-corrected chi connectivity index (χ2v) is 4.95. The number of aromatic nitrogens is 2. The average molecular weight is 229 g/mol. The van der Waals surface area contributed by atoms with Crippen molar-refractivity contribution in [1.29, 1.82) is 0 Å². The maximum atomic E-state index is 10.3. The van der Waals surface area contributed by atoms with Crippen molar-refractivity contribution in [2.24, 2.45) is 0 Å². The molecule has 0 saturated heterocycles. The highest BCUT2D eigenvalue weighted by molar-refractivity contribution is 6.31. The highest BCUT2D eigenvalue weighted by Crippen LogP contribution is 2.29. The van der Waals surface area contributed by atoms with Crippen LogP contribution in [0.5, 0.6) is 0 Å². The number of aliphatic hydroxyl groups is 1. The summed E-state index contributed by atoms with van der Waals surface area (Å²) < 4.78 is 1.77. The summed E-state index contributed by atoms with van der Waals surface area (Å²) in [5.41, 5.74) is 0.260. The number of nitrogens with zero attached hydrogens (tertiary/aromatic N) is 2. The second kappa shape index (κ2) is 4.14. The molecule has 1 fully saturated rings. The summed E-state index contributed by atoms with van der Waals surface area (Å²) in [5, 5.41) is 15.3. The summed E-state index contributed by atoms with van der Waals surface area (Å²) >= 11 is 5.93. The van der Waals surface area contributed by atoms with Crippen LogP contribution in [0, 0.1) is 6.92 Å². The van der Waals surface area contributed by atoms with Crippen molar-refractivity contribution in [3.8, 4) is 0 Å². The van der Waals surface area contributed by atoms with Crippen LogP contribution in [0.4, 0.5) is 0 Å². The third-order valence-electron chi connectivity index (χ3n) is 3.13. The van der Waals surface area contributed by atoms with Crippen LogP contribution in [0.2, 0.25) is 5.02 Å². The zero-order valence-corrected chi connectivity index (χ0v) is 9.80. The first-order valence-electron chi connectivity index (χ1n) is 5.51. The van der Waals surface area contributed by atoms with Gasteiger partial charge < -0.3 is 5.11 Å². The van der Waals surface area contributed by atoms with Gasteiger partial charge in [0.15, 0.2) is 0 Å². The maximum Gasteiger partial charge on any atom is 0.0842 e. The summed E-state index contributed by atoms with van der Waals surface area (Å²) in [7, 11) is 0. The summed E-state index contributed by atoms with van der Waals surface area (Å²) in [6.07, 6.45) is 7.02. The van der Waals surface area contributed by atoms with E-state index in [0.717, 1.165) is 31.4 Å². The summed E-state index contributed by atoms with van der Waals surface area (Å²) in [6, 6.07) is 0. The minimum absolute atomic E-state index is 0.569. The average Bonchev–Trinajstić information content (AvgIpc) is 2.46. The van der Waals surface area contributed by atoms with Crippen LogP contribution in [0.15, 0.2) is 6.20 Å². The lowest BCUT2D eigenvalue weighted by atomic mass is 9.85. The number of aryl methyl sites for hydroxylation is 1. The van der Waals surface area contributed by atoms with Gasteiger partial charge in [-0.25, -0.2) is 0 Å². The van der Waals surface area contributed by atoms with Crippen molar-refractivity contribution in [3.05, 3.63) is 16.9 Å². The Morgan fingerprint density at radius 3 is 2.67 bits per heavy atom. The molecule has 1 aromatic heterocycles. The topological polar surface area (TPSA) is 38.0 Å². The van der Waals surface area contributed by atoms with Gasteiger partial charge in [-0.05, 0) is 19.8 Å². The highest BCUT2D eigenvalue weighted by Gasteiger charge is 2.29. The van der Waals surface area contributed by atoms with Crippen molar-refractivity contribution >= 4 is 11.6 Å². The van der Waals surface area contributed by atoms with Crippen molar-refractivity contribution in [3.63, 3.8) is 0 Å². The van der Waals surface area contributed by atoms with Gasteiger partial charge in [-0.3, -0.25) is 4.68 Å². The monoisotopic (exact) mass is 228 g/mol. The van der Waals surface area contributed by atoms with Crippen LogP contribution in [-0.2, 0) is 6.54 Å². The smallest absolute Gasteiger partial charge is 0.0842 e. The van der Waals surface area contributed by atoms with E-state index in [1.165, 1.54) is 6.42 Å². The van der Waals surface area contributed by atoms with Gasteiger partial charge in [0.2, 0.25) is 0 Å². The van der Waals surface area contributed by atoms with Gasteiger partial charge in [-0.15, -0.1) is 0 Å². The highest BCUT2D eigenvalue weighted by atomic mass is 35.5. The summed E-state index contributed by atoms with van der Waals surface area (Å²) in [4.78, 5) is 0. The van der Waals surface area contributed by atoms with E-state index in [0.29, 0.717) is 11.6 Å². The van der Waals surface area contributed by atoms with Crippen molar-refractivity contribution in [2.75, 3.05) is 0 Å². The molecule has 0 atom stereocenters. The molecule has 1 aromatic rings. The van der Waals surface area contributed by atoms with Gasteiger partial charge in [0.05, 0.1) is 22.9 Å². The standard InChI is InChI=1S/C11H17ClN2O/c1-9-10(12)7-14(13-9)8-11(15)5-3-2-4-6-11/h7,15H,2-6,8H2,1H3. The van der Waals surface area contributed by atoms with E-state index in [1.54, 1.807) is 10.9 Å². The van der Waals surface area contributed by atoms with E-state index < -0.39 is 5.60 Å². The Bertz CT molecular complexity index is 323. The minimum Gasteiger partial charge on any atom is -0.388 e. The summed E-state index contributed by atoms with van der Waals surface area (Å²) in [6.45, 7) is 2.45. The molecule has 1 aliphatic carbocycles. The van der Waals surface area contributed by atoms with Gasteiger partial charge in [0, 0.05) is 6.20 Å². The molecule has 0 spiro atoms. The van der Waals surface area contributed by atoms with E-state index in [1.807, 2.05) is 6.92 Å². The van der Waals surface area contributed by atoms with Gasteiger partial charge >= 0.3 is 0 Å². The van der Waals surface area contributed by atoms with Crippen LogP contribution < -0.4 is 0 Å². The van der Waals surface area contributed by atoms with Crippen LogP contribution in [-0.4, -0.2) is 20.5 Å². The maximum absolute atomic E-state index is 10.3. The van der Waals surface area contributed by atoms with Gasteiger partial charge in [-0.1, -0.05) is 30.9 Å². The molecule has 0 radical (unpaired) electrons. The molecule has 1 saturated carbocycles. The van der Waals surface area contributed by atoms with E-state index >= 15 is 0 Å². The summed E-state index contributed by atoms with van der Waals surface area (Å²) in [5.74, 6) is 0. The van der Waals surface area contributed by atoms with Crippen LogP contribution >= 0.6 is 11.6 Å². The Labute approximate surface area is 95.0 Å². The van der Waals surface area contributed by atoms with Gasteiger partial charge in [0.1, 0.15) is 0 Å². The second-order valence-electron chi connectivity index (χ2n) is 4.55. The quantitative estimate of drug-likeness (QED) is 0.845. The molecule has 1 N–H and O–H groups in total. The van der Waals surface area contributed by atoms with Crippen molar-refractivity contribution in [2.45, 2.75) is 51.2 Å². The first kappa shape index (κ1) is 11.0. The Hall–Kier alpha value is -0.540. The Kier molecular flexibility index (Phi) is 3.03. The first-order chi connectivity index (χ1) is 7.09. The molecule has 0 bridgehead atoms. The lowest BCUT2D eigenvalue weighted by Crippen LogP contribution is -2.36. The molecule has 84 valence electrons. The van der Waals surface area contributed by atoms with Crippen molar-refractivity contribution in [1.82, 2.24) is 9.78 Å². The molecule has 15 heavy (non-hydrogen) atoms. The van der Waals surface area contributed by atoms with Crippen LogP contribution in [0.3, 0.4) is 0 Å². The molecule has 0 aliphatic heterocycles. The predicted octanol–water partition coefficient (Wildman–Crippen LogP) is 2.54. The third kappa shape index (κ3) is 2.52. The van der Waals surface area contributed by atoms with Gasteiger partial charge in [0.25, 0.3) is 0 Å². The predicted molar refractivity (Wildman–Crippen MR) is 60.0 cm³/mol. The van der Waals surface area contributed by atoms with Crippen LogP contribution in [0.25, 0.3) is 0 Å². The zero-order valence-electron chi connectivity index (χ0n) is 9.04. The fraction of sp³-hybridized carbons (Fsp3) is 0.727. The Morgan fingerprint density at radius 1 is 1.47 bits per heavy atom. The first-order valence-corrected chi connectivity index (χ1v) is 5.89. The van der Waals surface area contributed by atoms with Gasteiger partial charge in [-0.2, -0.15) is 5.10 Å². The van der Waals surface area contributed by atoms with E-state index in [-0.39, 0.29) is 0 Å². The van der Waals surface area contributed by atoms with E-state index in [4.69, 9.17) is 11.6 Å². The Morgan fingerprint density at radius 2 is 2.13 bits per heavy atom. The molecule has 0 aromatic carbocycles. The van der Waals surface area contributed by atoms with Crippen LogP contribution in [0.1, 0.15) is 37.8 Å². The SMILES string of the molecule is Cc1nn(CC2(O)CCCCC2)cc1Cl. The number of hydrogen-bond donors (Lipinski definition) is 1. The van der Waals surface area contributed by atoms with E-state index in [2.05, 4.69) is 5.10 Å². The lowest BCUT2D eigenvalue weighted by Gasteiger charge is -2.31. The fourth-order valence-electron chi connectivity index (χ4n) is 2.24. The zero-order chi connectivity index (χ0) is 10.9.